The first-order chi connectivity index (χ1) is 10.1. The van der Waals surface area contributed by atoms with E-state index in [2.05, 4.69) is 4.90 Å². The predicted octanol–water partition coefficient (Wildman–Crippen LogP) is 4.12. The molecule has 3 unspecified atom stereocenters. The summed E-state index contributed by atoms with van der Waals surface area (Å²) in [7, 11) is 0. The summed E-state index contributed by atoms with van der Waals surface area (Å²) in [5.74, 6) is -0.655. The molecule has 0 radical (unpaired) electrons. The van der Waals surface area contributed by atoms with Gasteiger partial charge in [0.15, 0.2) is 0 Å². The Morgan fingerprint density at radius 1 is 1.36 bits per heavy atom. The number of aliphatic carboxylic acids is 1. The van der Waals surface area contributed by atoms with Gasteiger partial charge in [-0.2, -0.15) is 0 Å². The van der Waals surface area contributed by atoms with Crippen LogP contribution in [0.15, 0.2) is 18.2 Å². The predicted molar refractivity (Wildman–Crippen MR) is 86.0 cm³/mol. The summed E-state index contributed by atoms with van der Waals surface area (Å²) in [5, 5.41) is 9.86. The van der Waals surface area contributed by atoms with Gasteiger partial charge in [0, 0.05) is 17.6 Å². The molecule has 1 heterocycles. The molecule has 1 aromatic carbocycles. The van der Waals surface area contributed by atoms with Crippen molar-refractivity contribution >= 4 is 30.0 Å². The van der Waals surface area contributed by atoms with Crippen LogP contribution in [-0.2, 0) is 11.3 Å². The number of likely N-dealkylation sites (tertiary alicyclic amines) is 1. The van der Waals surface area contributed by atoms with E-state index in [0.717, 1.165) is 31.2 Å². The van der Waals surface area contributed by atoms with E-state index in [1.165, 1.54) is 18.6 Å². The molecular formula is C16H20Cl2FNO2. The van der Waals surface area contributed by atoms with Gasteiger partial charge in [0.2, 0.25) is 0 Å². The Labute approximate surface area is 140 Å². The van der Waals surface area contributed by atoms with E-state index in [1.807, 2.05) is 0 Å². The zero-order valence-electron chi connectivity index (χ0n) is 12.2. The molecule has 6 heteroatoms. The Bertz CT molecular complexity index is 555. The second-order valence-electron chi connectivity index (χ2n) is 6.11. The van der Waals surface area contributed by atoms with Gasteiger partial charge >= 0.3 is 5.97 Å². The second-order valence-corrected chi connectivity index (χ2v) is 6.52. The van der Waals surface area contributed by atoms with Crippen molar-refractivity contribution in [2.75, 3.05) is 0 Å². The first-order valence-electron chi connectivity index (χ1n) is 7.48. The molecule has 1 aliphatic carbocycles. The van der Waals surface area contributed by atoms with Crippen LogP contribution in [0.1, 0.15) is 37.7 Å². The van der Waals surface area contributed by atoms with Gasteiger partial charge in [-0.15, -0.1) is 12.4 Å². The molecule has 2 aliphatic rings. The molecule has 1 saturated carbocycles. The standard InChI is InChI=1S/C16H19ClFNO2.ClH/c17-13-8-12(18)6-5-11(13)9-19-14-4-2-1-3-10(14)7-15(19)16(20)21;/h5-6,8,10,14-15H,1-4,7,9H2,(H,20,21);1H. The Morgan fingerprint density at radius 3 is 2.77 bits per heavy atom. The van der Waals surface area contributed by atoms with Crippen LogP contribution in [-0.4, -0.2) is 28.1 Å². The molecule has 3 atom stereocenters. The van der Waals surface area contributed by atoms with Crippen LogP contribution in [0.25, 0.3) is 0 Å². The van der Waals surface area contributed by atoms with Crippen LogP contribution < -0.4 is 0 Å². The van der Waals surface area contributed by atoms with Crippen LogP contribution in [0.3, 0.4) is 0 Å². The Balaban J connectivity index is 0.00000176. The van der Waals surface area contributed by atoms with Crippen LogP contribution in [0.5, 0.6) is 0 Å². The van der Waals surface area contributed by atoms with Crippen molar-refractivity contribution in [1.29, 1.82) is 0 Å². The first kappa shape index (κ1) is 17.5. The number of fused-ring (bicyclic) bond motifs is 1. The third kappa shape index (κ3) is 3.39. The summed E-state index contributed by atoms with van der Waals surface area (Å²) < 4.78 is 13.1. The van der Waals surface area contributed by atoms with Crippen molar-refractivity contribution in [2.45, 2.75) is 50.7 Å². The lowest BCUT2D eigenvalue weighted by molar-refractivity contribution is -0.142. The van der Waals surface area contributed by atoms with E-state index in [0.29, 0.717) is 23.5 Å². The monoisotopic (exact) mass is 347 g/mol. The maximum absolute atomic E-state index is 13.1. The highest BCUT2D eigenvalue weighted by Gasteiger charge is 2.45. The third-order valence-electron chi connectivity index (χ3n) is 4.87. The largest absolute Gasteiger partial charge is 0.480 e. The topological polar surface area (TPSA) is 40.5 Å². The fourth-order valence-corrected chi connectivity index (χ4v) is 4.10. The van der Waals surface area contributed by atoms with E-state index < -0.39 is 12.0 Å². The molecular weight excluding hydrogens is 328 g/mol. The van der Waals surface area contributed by atoms with E-state index in [-0.39, 0.29) is 18.2 Å². The van der Waals surface area contributed by atoms with E-state index in [4.69, 9.17) is 11.6 Å². The molecule has 0 amide bonds. The van der Waals surface area contributed by atoms with Crippen molar-refractivity contribution in [3.8, 4) is 0 Å². The Hall–Kier alpha value is -0.840. The molecule has 122 valence electrons. The number of nitrogens with zero attached hydrogens (tertiary/aromatic N) is 1. The first-order valence-corrected chi connectivity index (χ1v) is 7.86. The molecule has 22 heavy (non-hydrogen) atoms. The molecule has 0 bridgehead atoms. The fourth-order valence-electron chi connectivity index (χ4n) is 3.87. The minimum Gasteiger partial charge on any atom is -0.480 e. The van der Waals surface area contributed by atoms with E-state index >= 15 is 0 Å². The van der Waals surface area contributed by atoms with Crippen molar-refractivity contribution in [3.05, 3.63) is 34.6 Å². The van der Waals surface area contributed by atoms with Gasteiger partial charge in [-0.05, 0) is 42.9 Å². The average molecular weight is 348 g/mol. The van der Waals surface area contributed by atoms with Crippen molar-refractivity contribution < 1.29 is 14.3 Å². The van der Waals surface area contributed by atoms with Crippen molar-refractivity contribution in [3.63, 3.8) is 0 Å². The highest BCUT2D eigenvalue weighted by Crippen LogP contribution is 2.41. The minimum absolute atomic E-state index is 0. The molecule has 2 fully saturated rings. The number of rotatable bonds is 3. The number of carboxylic acid groups (broad SMARTS) is 1. The second kappa shape index (κ2) is 7.16. The molecule has 1 saturated heterocycles. The average Bonchev–Trinajstić information content (AvgIpc) is 2.81. The lowest BCUT2D eigenvalue weighted by atomic mass is 9.84. The lowest BCUT2D eigenvalue weighted by Crippen LogP contribution is -2.41. The minimum atomic E-state index is -0.761. The summed E-state index contributed by atoms with van der Waals surface area (Å²) in [6.45, 7) is 0.483. The number of halogens is 3. The van der Waals surface area contributed by atoms with E-state index in [9.17, 15) is 14.3 Å². The number of hydrogen-bond donors (Lipinski definition) is 1. The van der Waals surface area contributed by atoms with Crippen molar-refractivity contribution in [1.82, 2.24) is 4.90 Å². The summed E-state index contributed by atoms with van der Waals surface area (Å²) in [5.41, 5.74) is 0.801. The highest BCUT2D eigenvalue weighted by molar-refractivity contribution is 6.31. The maximum atomic E-state index is 13.1. The highest BCUT2D eigenvalue weighted by atomic mass is 35.5. The van der Waals surface area contributed by atoms with Crippen LogP contribution >= 0.6 is 24.0 Å². The molecule has 1 aliphatic heterocycles. The molecule has 3 rings (SSSR count). The number of hydrogen-bond acceptors (Lipinski definition) is 2. The van der Waals surface area contributed by atoms with Crippen molar-refractivity contribution in [2.24, 2.45) is 5.92 Å². The van der Waals surface area contributed by atoms with Gasteiger partial charge in [0.05, 0.1) is 0 Å². The number of carbonyl (C=O) groups is 1. The SMILES string of the molecule is Cl.O=C(O)C1CC2CCCCC2N1Cc1ccc(F)cc1Cl. The Kier molecular flexibility index (Phi) is 5.70. The van der Waals surface area contributed by atoms with Crippen LogP contribution in [0.2, 0.25) is 5.02 Å². The van der Waals surface area contributed by atoms with Crippen LogP contribution in [0, 0.1) is 11.7 Å². The zero-order chi connectivity index (χ0) is 15.0. The van der Waals surface area contributed by atoms with Gasteiger partial charge in [-0.1, -0.05) is 30.5 Å². The molecule has 1 N–H and O–H groups in total. The molecule has 1 aromatic rings. The molecule has 0 spiro atoms. The number of carboxylic acids is 1. The van der Waals surface area contributed by atoms with Gasteiger partial charge in [0.25, 0.3) is 0 Å². The zero-order valence-corrected chi connectivity index (χ0v) is 13.7. The molecule has 0 aromatic heterocycles. The van der Waals surface area contributed by atoms with E-state index in [1.54, 1.807) is 6.07 Å². The van der Waals surface area contributed by atoms with Gasteiger partial charge in [-0.3, -0.25) is 9.69 Å². The van der Waals surface area contributed by atoms with Crippen LogP contribution in [0.4, 0.5) is 4.39 Å². The fraction of sp³-hybridized carbons (Fsp3) is 0.562. The quantitative estimate of drug-likeness (QED) is 0.893. The normalized spacial score (nSPS) is 28.0. The third-order valence-corrected chi connectivity index (χ3v) is 5.23. The summed E-state index contributed by atoms with van der Waals surface area (Å²) >= 11 is 6.10. The molecule has 3 nitrogen and oxygen atoms in total. The smallest absolute Gasteiger partial charge is 0.320 e. The summed E-state index contributed by atoms with van der Waals surface area (Å²) in [4.78, 5) is 13.6. The summed E-state index contributed by atoms with van der Waals surface area (Å²) in [6.07, 6.45) is 5.23. The lowest BCUT2D eigenvalue weighted by Gasteiger charge is -2.33. The maximum Gasteiger partial charge on any atom is 0.320 e. The summed E-state index contributed by atoms with van der Waals surface area (Å²) in [6, 6.07) is 4.21. The Morgan fingerprint density at radius 2 is 2.09 bits per heavy atom. The van der Waals surface area contributed by atoms with Gasteiger partial charge in [-0.25, -0.2) is 4.39 Å². The van der Waals surface area contributed by atoms with Gasteiger partial charge < -0.3 is 5.11 Å². The number of benzene rings is 1. The van der Waals surface area contributed by atoms with Gasteiger partial charge in [0.1, 0.15) is 11.9 Å².